The Labute approximate surface area is 143 Å². The van der Waals surface area contributed by atoms with Crippen molar-refractivity contribution in [1.29, 1.82) is 0 Å². The van der Waals surface area contributed by atoms with Gasteiger partial charge in [0.25, 0.3) is 5.91 Å². The molecule has 3 aromatic rings. The van der Waals surface area contributed by atoms with Crippen molar-refractivity contribution < 1.29 is 18.0 Å². The number of aryl methyl sites for hydroxylation is 1. The average Bonchev–Trinajstić information content (AvgIpc) is 3.10. The molecule has 0 aliphatic carbocycles. The van der Waals surface area contributed by atoms with E-state index in [0.717, 1.165) is 36.2 Å². The first kappa shape index (κ1) is 15.6. The van der Waals surface area contributed by atoms with Crippen molar-refractivity contribution in [3.8, 4) is 11.3 Å². The van der Waals surface area contributed by atoms with Crippen LogP contribution < -0.4 is 4.90 Å². The van der Waals surface area contributed by atoms with Gasteiger partial charge in [-0.2, -0.15) is 0 Å². The summed E-state index contributed by atoms with van der Waals surface area (Å²) in [5.74, 6) is -1.31. The molecule has 0 fully saturated rings. The van der Waals surface area contributed by atoms with E-state index in [1.54, 1.807) is 4.90 Å². The molecule has 1 aromatic heterocycles. The van der Waals surface area contributed by atoms with Crippen LogP contribution in [0, 0.1) is 11.6 Å². The summed E-state index contributed by atoms with van der Waals surface area (Å²) in [7, 11) is 0. The van der Waals surface area contributed by atoms with Crippen LogP contribution in [0.5, 0.6) is 0 Å². The Bertz CT molecular complexity index is 948. The normalized spacial score (nSPS) is 13.6. The molecule has 0 bridgehead atoms. The maximum absolute atomic E-state index is 13.9. The van der Waals surface area contributed by atoms with Crippen LogP contribution >= 0.6 is 0 Å². The van der Waals surface area contributed by atoms with Gasteiger partial charge in [0, 0.05) is 18.3 Å². The number of amides is 1. The number of benzene rings is 2. The van der Waals surface area contributed by atoms with Gasteiger partial charge in [0.1, 0.15) is 17.4 Å². The quantitative estimate of drug-likeness (QED) is 0.671. The molecule has 1 amide bonds. The number of nitrogens with zero attached hydrogens (tertiary/aromatic N) is 1. The number of carbonyl (C=O) groups excluding carboxylic acids is 1. The minimum Gasteiger partial charge on any atom is -0.451 e. The molecule has 5 heteroatoms. The highest BCUT2D eigenvalue weighted by molar-refractivity contribution is 6.05. The largest absolute Gasteiger partial charge is 0.451 e. The van der Waals surface area contributed by atoms with Gasteiger partial charge in [-0.1, -0.05) is 18.2 Å². The molecule has 0 radical (unpaired) electrons. The molecule has 0 N–H and O–H groups in total. The molecule has 1 aliphatic heterocycles. The lowest BCUT2D eigenvalue weighted by Crippen LogP contribution is -2.35. The van der Waals surface area contributed by atoms with E-state index in [9.17, 15) is 13.6 Å². The van der Waals surface area contributed by atoms with Crippen LogP contribution in [0.15, 0.2) is 59.0 Å². The van der Waals surface area contributed by atoms with Crippen molar-refractivity contribution in [3.63, 3.8) is 0 Å². The Morgan fingerprint density at radius 1 is 1.04 bits per heavy atom. The predicted molar refractivity (Wildman–Crippen MR) is 90.5 cm³/mol. The van der Waals surface area contributed by atoms with Crippen molar-refractivity contribution in [2.75, 3.05) is 11.4 Å². The number of rotatable bonds is 2. The lowest BCUT2D eigenvalue weighted by atomic mass is 10.0. The van der Waals surface area contributed by atoms with E-state index in [2.05, 4.69) is 0 Å². The van der Waals surface area contributed by atoms with Crippen LogP contribution in [0.2, 0.25) is 0 Å². The summed E-state index contributed by atoms with van der Waals surface area (Å²) in [4.78, 5) is 14.5. The lowest BCUT2D eigenvalue weighted by Gasteiger charge is -2.28. The number of fused-ring (bicyclic) bond motifs is 1. The van der Waals surface area contributed by atoms with E-state index in [0.29, 0.717) is 6.54 Å². The molecule has 0 atom stereocenters. The van der Waals surface area contributed by atoms with E-state index in [1.165, 1.54) is 18.2 Å². The Morgan fingerprint density at radius 2 is 1.88 bits per heavy atom. The molecule has 0 unspecified atom stereocenters. The van der Waals surface area contributed by atoms with Crippen LogP contribution in [0.4, 0.5) is 14.5 Å². The third-order valence-corrected chi connectivity index (χ3v) is 4.37. The summed E-state index contributed by atoms with van der Waals surface area (Å²) < 4.78 is 32.5. The summed E-state index contributed by atoms with van der Waals surface area (Å²) >= 11 is 0. The number of carbonyl (C=O) groups is 1. The van der Waals surface area contributed by atoms with Gasteiger partial charge >= 0.3 is 0 Å². The first-order valence-electron chi connectivity index (χ1n) is 8.08. The summed E-state index contributed by atoms with van der Waals surface area (Å²) in [5.41, 5.74) is 2.13. The highest BCUT2D eigenvalue weighted by Gasteiger charge is 2.25. The van der Waals surface area contributed by atoms with Crippen molar-refractivity contribution in [2.24, 2.45) is 0 Å². The van der Waals surface area contributed by atoms with Crippen LogP contribution in [-0.4, -0.2) is 12.5 Å². The second-order valence-corrected chi connectivity index (χ2v) is 5.98. The van der Waals surface area contributed by atoms with Gasteiger partial charge < -0.3 is 9.32 Å². The van der Waals surface area contributed by atoms with Gasteiger partial charge in [0.15, 0.2) is 5.76 Å². The average molecular weight is 339 g/mol. The zero-order valence-electron chi connectivity index (χ0n) is 13.3. The number of hydrogen-bond donors (Lipinski definition) is 0. The number of para-hydroxylation sites is 1. The molecular formula is C20H15F2NO2. The first-order valence-corrected chi connectivity index (χ1v) is 8.08. The molecule has 4 rings (SSSR count). The summed E-state index contributed by atoms with van der Waals surface area (Å²) in [6.07, 6.45) is 1.81. The fourth-order valence-electron chi connectivity index (χ4n) is 3.16. The lowest BCUT2D eigenvalue weighted by molar-refractivity contribution is 0.0959. The van der Waals surface area contributed by atoms with Gasteiger partial charge in [0.05, 0.1) is 5.56 Å². The highest BCUT2D eigenvalue weighted by atomic mass is 19.1. The van der Waals surface area contributed by atoms with Gasteiger partial charge in [-0.3, -0.25) is 4.79 Å². The standard InChI is InChI=1S/C20H15F2NO2/c21-14-7-8-15(16(22)12-14)18-9-10-19(25-18)20(24)23-11-3-5-13-4-1-2-6-17(13)23/h1-2,4,6-10,12H,3,5,11H2. The van der Waals surface area contributed by atoms with E-state index in [1.807, 2.05) is 24.3 Å². The highest BCUT2D eigenvalue weighted by Crippen LogP contribution is 2.30. The third kappa shape index (κ3) is 2.82. The minimum absolute atomic E-state index is 0.125. The molecule has 25 heavy (non-hydrogen) atoms. The second kappa shape index (κ2) is 6.16. The van der Waals surface area contributed by atoms with E-state index >= 15 is 0 Å². The maximum atomic E-state index is 13.9. The van der Waals surface area contributed by atoms with Crippen LogP contribution in [0.25, 0.3) is 11.3 Å². The maximum Gasteiger partial charge on any atom is 0.293 e. The first-order chi connectivity index (χ1) is 12.1. The summed E-state index contributed by atoms with van der Waals surface area (Å²) in [6, 6.07) is 14.1. The molecule has 0 saturated carbocycles. The molecular weight excluding hydrogens is 324 g/mol. The third-order valence-electron chi connectivity index (χ3n) is 4.37. The fraction of sp³-hybridized carbons (Fsp3) is 0.150. The van der Waals surface area contributed by atoms with Gasteiger partial charge in [0.2, 0.25) is 0 Å². The van der Waals surface area contributed by atoms with Crippen LogP contribution in [-0.2, 0) is 6.42 Å². The number of halogens is 2. The Morgan fingerprint density at radius 3 is 2.72 bits per heavy atom. The zero-order chi connectivity index (χ0) is 17.4. The van der Waals surface area contributed by atoms with Gasteiger partial charge in [-0.25, -0.2) is 8.78 Å². The number of furan rings is 1. The van der Waals surface area contributed by atoms with E-state index in [-0.39, 0.29) is 23.0 Å². The molecule has 0 saturated heterocycles. The zero-order valence-corrected chi connectivity index (χ0v) is 13.3. The number of hydrogen-bond acceptors (Lipinski definition) is 2. The van der Waals surface area contributed by atoms with Gasteiger partial charge in [-0.05, 0) is 48.7 Å². The molecule has 3 nitrogen and oxygen atoms in total. The van der Waals surface area contributed by atoms with Crippen LogP contribution in [0.3, 0.4) is 0 Å². The Hall–Kier alpha value is -2.95. The molecule has 2 heterocycles. The monoisotopic (exact) mass is 339 g/mol. The Balaban J connectivity index is 1.66. The van der Waals surface area contributed by atoms with Crippen molar-refractivity contribution >= 4 is 11.6 Å². The van der Waals surface area contributed by atoms with Crippen LogP contribution in [0.1, 0.15) is 22.5 Å². The predicted octanol–water partition coefficient (Wildman–Crippen LogP) is 4.82. The topological polar surface area (TPSA) is 33.5 Å². The van der Waals surface area contributed by atoms with Crippen molar-refractivity contribution in [2.45, 2.75) is 12.8 Å². The van der Waals surface area contributed by atoms with Gasteiger partial charge in [-0.15, -0.1) is 0 Å². The molecule has 2 aromatic carbocycles. The smallest absolute Gasteiger partial charge is 0.293 e. The minimum atomic E-state index is -0.725. The fourth-order valence-corrected chi connectivity index (χ4v) is 3.16. The number of anilines is 1. The van der Waals surface area contributed by atoms with E-state index < -0.39 is 11.6 Å². The summed E-state index contributed by atoms with van der Waals surface area (Å²) in [5, 5.41) is 0. The van der Waals surface area contributed by atoms with Crippen molar-refractivity contribution in [3.05, 3.63) is 77.6 Å². The molecule has 0 spiro atoms. The SMILES string of the molecule is O=C(c1ccc(-c2ccc(F)cc2F)o1)N1CCCc2ccccc21. The van der Waals surface area contributed by atoms with Crippen molar-refractivity contribution in [1.82, 2.24) is 0 Å². The molecule has 126 valence electrons. The van der Waals surface area contributed by atoms with E-state index in [4.69, 9.17) is 4.42 Å². The Kier molecular flexibility index (Phi) is 3.84. The second-order valence-electron chi connectivity index (χ2n) is 5.98. The molecule has 1 aliphatic rings. The summed E-state index contributed by atoms with van der Waals surface area (Å²) in [6.45, 7) is 0.608.